The van der Waals surface area contributed by atoms with E-state index in [0.29, 0.717) is 16.2 Å². The Bertz CT molecular complexity index is 383. The second-order valence-corrected chi connectivity index (χ2v) is 5.59. The largest absolute Gasteiger partial charge is 0.434 e. The number of hydrogen-bond donors (Lipinski definition) is 1. The van der Waals surface area contributed by atoms with Gasteiger partial charge in [0.1, 0.15) is 5.76 Å². The van der Waals surface area contributed by atoms with Gasteiger partial charge in [0, 0.05) is 6.42 Å². The zero-order chi connectivity index (χ0) is 10.3. The highest BCUT2D eigenvalue weighted by Crippen LogP contribution is 2.36. The molecule has 0 fully saturated rings. The molecule has 1 aromatic heterocycles. The number of oxazole rings is 1. The van der Waals surface area contributed by atoms with Crippen molar-refractivity contribution in [1.29, 1.82) is 0 Å². The van der Waals surface area contributed by atoms with Gasteiger partial charge in [-0.2, -0.15) is 0 Å². The molecule has 0 radical (unpaired) electrons. The molecule has 0 saturated carbocycles. The van der Waals surface area contributed by atoms with E-state index in [1.807, 2.05) is 0 Å². The topological polar surface area (TPSA) is 28.9 Å². The van der Waals surface area contributed by atoms with Gasteiger partial charge in [0.05, 0.1) is 5.69 Å². The Morgan fingerprint density at radius 1 is 1.43 bits per heavy atom. The molecular weight excluding hydrogens is 194 g/mol. The van der Waals surface area contributed by atoms with Crippen LogP contribution in [-0.4, -0.2) is 4.98 Å². The quantitative estimate of drug-likeness (QED) is 0.665. The molecule has 1 aromatic rings. The minimum absolute atomic E-state index is 0.367. The molecule has 0 spiro atoms. The van der Waals surface area contributed by atoms with Gasteiger partial charge in [-0.1, -0.05) is 20.8 Å². The summed E-state index contributed by atoms with van der Waals surface area (Å²) in [6.07, 6.45) is 3.35. The molecule has 3 heteroatoms. The van der Waals surface area contributed by atoms with Gasteiger partial charge in [-0.15, -0.1) is 0 Å². The monoisotopic (exact) mass is 211 g/mol. The van der Waals surface area contributed by atoms with Crippen molar-refractivity contribution in [3.8, 4) is 0 Å². The van der Waals surface area contributed by atoms with Crippen LogP contribution in [0.1, 0.15) is 38.6 Å². The second-order valence-electron chi connectivity index (χ2n) is 5.22. The van der Waals surface area contributed by atoms with Crippen LogP contribution in [0.5, 0.6) is 0 Å². The SMILES string of the molecule is CC(C)(C)C1CCc2[nH]c(=S)oc2C1. The van der Waals surface area contributed by atoms with Crippen LogP contribution in [0.4, 0.5) is 0 Å². The first kappa shape index (κ1) is 9.97. The molecule has 2 nitrogen and oxygen atoms in total. The number of H-pyrrole nitrogens is 1. The number of aryl methyl sites for hydroxylation is 1. The molecule has 0 saturated heterocycles. The summed E-state index contributed by atoms with van der Waals surface area (Å²) in [6.45, 7) is 6.89. The highest BCUT2D eigenvalue weighted by atomic mass is 32.1. The molecule has 0 aliphatic heterocycles. The van der Waals surface area contributed by atoms with Crippen LogP contribution in [0.3, 0.4) is 0 Å². The van der Waals surface area contributed by atoms with Crippen molar-refractivity contribution in [3.05, 3.63) is 16.3 Å². The van der Waals surface area contributed by atoms with Gasteiger partial charge >= 0.3 is 0 Å². The third-order valence-electron chi connectivity index (χ3n) is 3.20. The van der Waals surface area contributed by atoms with E-state index in [9.17, 15) is 0 Å². The van der Waals surface area contributed by atoms with Crippen LogP contribution in [-0.2, 0) is 12.8 Å². The molecule has 78 valence electrons. The third kappa shape index (κ3) is 1.78. The highest BCUT2D eigenvalue weighted by molar-refractivity contribution is 7.71. The van der Waals surface area contributed by atoms with E-state index >= 15 is 0 Å². The normalized spacial score (nSPS) is 22.1. The maximum atomic E-state index is 5.49. The number of rotatable bonds is 0. The first-order chi connectivity index (χ1) is 6.47. The smallest absolute Gasteiger partial charge is 0.266 e. The summed E-state index contributed by atoms with van der Waals surface area (Å²) in [5.41, 5.74) is 1.59. The zero-order valence-electron chi connectivity index (χ0n) is 9.02. The van der Waals surface area contributed by atoms with Gasteiger partial charge in [-0.05, 0) is 36.4 Å². The summed E-state index contributed by atoms with van der Waals surface area (Å²) < 4.78 is 5.49. The Hall–Kier alpha value is -0.570. The molecule has 0 aromatic carbocycles. The van der Waals surface area contributed by atoms with Crippen molar-refractivity contribution in [2.24, 2.45) is 11.3 Å². The van der Waals surface area contributed by atoms with Gasteiger partial charge in [-0.3, -0.25) is 0 Å². The second kappa shape index (κ2) is 3.23. The van der Waals surface area contributed by atoms with Crippen molar-refractivity contribution in [2.45, 2.75) is 40.0 Å². The van der Waals surface area contributed by atoms with Gasteiger partial charge < -0.3 is 9.40 Å². The number of nitrogens with one attached hydrogen (secondary N) is 1. The van der Waals surface area contributed by atoms with E-state index in [4.69, 9.17) is 16.6 Å². The van der Waals surface area contributed by atoms with E-state index in [0.717, 1.165) is 18.6 Å². The lowest BCUT2D eigenvalue weighted by molar-refractivity contribution is 0.202. The Balaban J connectivity index is 2.25. The third-order valence-corrected chi connectivity index (χ3v) is 3.39. The fourth-order valence-corrected chi connectivity index (χ4v) is 2.37. The number of aromatic nitrogens is 1. The summed E-state index contributed by atoms with van der Waals surface area (Å²) in [7, 11) is 0. The zero-order valence-corrected chi connectivity index (χ0v) is 9.83. The summed E-state index contributed by atoms with van der Waals surface area (Å²) in [4.78, 5) is 3.65. The van der Waals surface area contributed by atoms with Crippen molar-refractivity contribution >= 4 is 12.2 Å². The van der Waals surface area contributed by atoms with Gasteiger partial charge in [0.15, 0.2) is 0 Å². The minimum Gasteiger partial charge on any atom is -0.434 e. The molecule has 1 N–H and O–H groups in total. The van der Waals surface area contributed by atoms with Crippen LogP contribution in [0, 0.1) is 16.2 Å². The minimum atomic E-state index is 0.367. The lowest BCUT2D eigenvalue weighted by atomic mass is 9.73. The van der Waals surface area contributed by atoms with E-state index < -0.39 is 0 Å². The maximum absolute atomic E-state index is 5.49. The molecule has 1 unspecified atom stereocenters. The van der Waals surface area contributed by atoms with Crippen LogP contribution < -0.4 is 0 Å². The summed E-state index contributed by atoms with van der Waals surface area (Å²) in [5, 5.41) is 0. The van der Waals surface area contributed by atoms with E-state index in [1.165, 1.54) is 12.1 Å². The molecule has 1 atom stereocenters. The Morgan fingerprint density at radius 3 is 2.79 bits per heavy atom. The van der Waals surface area contributed by atoms with Crippen molar-refractivity contribution in [3.63, 3.8) is 0 Å². The molecule has 0 bridgehead atoms. The Kier molecular flexibility index (Phi) is 2.30. The predicted octanol–water partition coefficient (Wildman–Crippen LogP) is 3.49. The molecule has 0 amide bonds. The van der Waals surface area contributed by atoms with Gasteiger partial charge in [0.2, 0.25) is 0 Å². The highest BCUT2D eigenvalue weighted by Gasteiger charge is 2.30. The molecule has 14 heavy (non-hydrogen) atoms. The number of fused-ring (bicyclic) bond motifs is 1. The standard InChI is InChI=1S/C11H17NOS/c1-11(2,3)7-4-5-8-9(6-7)13-10(14)12-8/h7H,4-6H2,1-3H3,(H,12,14). The molecule has 1 aliphatic carbocycles. The summed E-state index contributed by atoms with van der Waals surface area (Å²) in [5.74, 6) is 1.80. The molecule has 1 aliphatic rings. The first-order valence-corrected chi connectivity index (χ1v) is 5.58. The van der Waals surface area contributed by atoms with Gasteiger partial charge in [-0.25, -0.2) is 0 Å². The lowest BCUT2D eigenvalue weighted by Gasteiger charge is -2.32. The fourth-order valence-electron chi connectivity index (χ4n) is 2.14. The van der Waals surface area contributed by atoms with Crippen molar-refractivity contribution < 1.29 is 4.42 Å². The van der Waals surface area contributed by atoms with Crippen molar-refractivity contribution in [1.82, 2.24) is 4.98 Å². The van der Waals surface area contributed by atoms with Crippen LogP contribution in [0.25, 0.3) is 0 Å². The van der Waals surface area contributed by atoms with Crippen LogP contribution in [0.15, 0.2) is 4.42 Å². The average Bonchev–Trinajstić information content (AvgIpc) is 2.41. The van der Waals surface area contributed by atoms with E-state index in [-0.39, 0.29) is 0 Å². The summed E-state index contributed by atoms with van der Waals surface area (Å²) >= 11 is 4.99. The van der Waals surface area contributed by atoms with Crippen LogP contribution >= 0.6 is 12.2 Å². The summed E-state index contributed by atoms with van der Waals surface area (Å²) in [6, 6.07) is 0. The van der Waals surface area contributed by atoms with E-state index in [1.54, 1.807) is 0 Å². The van der Waals surface area contributed by atoms with Gasteiger partial charge in [0.25, 0.3) is 4.84 Å². The maximum Gasteiger partial charge on any atom is 0.266 e. The number of aromatic amines is 1. The fraction of sp³-hybridized carbons (Fsp3) is 0.727. The molecule has 2 rings (SSSR count). The Morgan fingerprint density at radius 2 is 2.14 bits per heavy atom. The number of hydrogen-bond acceptors (Lipinski definition) is 2. The lowest BCUT2D eigenvalue weighted by Crippen LogP contribution is -2.26. The van der Waals surface area contributed by atoms with E-state index in [2.05, 4.69) is 25.8 Å². The predicted molar refractivity (Wildman–Crippen MR) is 58.9 cm³/mol. The van der Waals surface area contributed by atoms with Crippen molar-refractivity contribution in [2.75, 3.05) is 0 Å². The van der Waals surface area contributed by atoms with Crippen LogP contribution in [0.2, 0.25) is 0 Å². The molecular formula is C11H17NOS. The molecule has 1 heterocycles. The first-order valence-electron chi connectivity index (χ1n) is 5.17. The Labute approximate surface area is 89.7 Å². The average molecular weight is 211 g/mol.